The van der Waals surface area contributed by atoms with Gasteiger partial charge in [0.05, 0.1) is 10.4 Å². The van der Waals surface area contributed by atoms with Gasteiger partial charge in [-0.15, -0.1) is 22.7 Å². The summed E-state index contributed by atoms with van der Waals surface area (Å²) < 4.78 is 11.6. The molecular formula is C58H35NOS2. The first kappa shape index (κ1) is 35.3. The van der Waals surface area contributed by atoms with Gasteiger partial charge in [0.1, 0.15) is 11.2 Å². The van der Waals surface area contributed by atoms with Gasteiger partial charge in [0.2, 0.25) is 0 Å². The van der Waals surface area contributed by atoms with Crippen molar-refractivity contribution in [3.63, 3.8) is 0 Å². The van der Waals surface area contributed by atoms with Crippen molar-refractivity contribution in [2.45, 2.75) is 0 Å². The third-order valence-electron chi connectivity index (χ3n) is 12.5. The molecule has 0 bridgehead atoms. The van der Waals surface area contributed by atoms with Crippen LogP contribution in [-0.4, -0.2) is 0 Å². The lowest BCUT2D eigenvalue weighted by molar-refractivity contribution is 0.669. The fourth-order valence-corrected chi connectivity index (χ4v) is 11.7. The maximum atomic E-state index is 6.49. The summed E-state index contributed by atoms with van der Waals surface area (Å²) in [5.74, 6) is 0. The second-order valence-electron chi connectivity index (χ2n) is 16.0. The van der Waals surface area contributed by atoms with Gasteiger partial charge in [-0.1, -0.05) is 140 Å². The first-order valence-corrected chi connectivity index (χ1v) is 22.6. The second kappa shape index (κ2) is 14.0. The molecule has 0 N–H and O–H groups in total. The number of anilines is 3. The predicted molar refractivity (Wildman–Crippen MR) is 268 cm³/mol. The van der Waals surface area contributed by atoms with Crippen LogP contribution in [0.3, 0.4) is 0 Å². The molecule has 4 heteroatoms. The fraction of sp³-hybridized carbons (Fsp3) is 0. The summed E-state index contributed by atoms with van der Waals surface area (Å²) in [5.41, 5.74) is 12.1. The summed E-state index contributed by atoms with van der Waals surface area (Å²) in [6, 6.07) is 77.6. The number of thiophene rings is 2. The van der Waals surface area contributed by atoms with Crippen molar-refractivity contribution in [1.82, 2.24) is 0 Å². The summed E-state index contributed by atoms with van der Waals surface area (Å²) >= 11 is 3.72. The Labute approximate surface area is 365 Å². The second-order valence-corrected chi connectivity index (χ2v) is 18.2. The maximum Gasteiger partial charge on any atom is 0.136 e. The monoisotopic (exact) mass is 825 g/mol. The molecule has 62 heavy (non-hydrogen) atoms. The van der Waals surface area contributed by atoms with Crippen molar-refractivity contribution in [3.05, 3.63) is 212 Å². The lowest BCUT2D eigenvalue weighted by Crippen LogP contribution is -2.11. The fourth-order valence-electron chi connectivity index (χ4n) is 9.41. The zero-order valence-corrected chi connectivity index (χ0v) is 35.0. The number of fused-ring (bicyclic) bond motifs is 10. The van der Waals surface area contributed by atoms with Crippen LogP contribution < -0.4 is 4.90 Å². The van der Waals surface area contributed by atoms with Crippen molar-refractivity contribution in [1.29, 1.82) is 0 Å². The van der Waals surface area contributed by atoms with Gasteiger partial charge in [-0.3, -0.25) is 0 Å². The molecule has 0 fully saturated rings. The number of furan rings is 1. The van der Waals surface area contributed by atoms with Gasteiger partial charge >= 0.3 is 0 Å². The molecule has 0 aliphatic heterocycles. The number of benzene rings is 10. The van der Waals surface area contributed by atoms with E-state index in [2.05, 4.69) is 211 Å². The van der Waals surface area contributed by atoms with Crippen molar-refractivity contribution < 1.29 is 4.42 Å². The van der Waals surface area contributed by atoms with E-state index < -0.39 is 0 Å². The van der Waals surface area contributed by atoms with E-state index in [1.54, 1.807) is 0 Å². The van der Waals surface area contributed by atoms with Crippen LogP contribution in [0, 0.1) is 0 Å². The quantitative estimate of drug-likeness (QED) is 0.166. The van der Waals surface area contributed by atoms with Crippen LogP contribution in [0.4, 0.5) is 17.1 Å². The minimum Gasteiger partial charge on any atom is -0.456 e. The average molecular weight is 826 g/mol. The zero-order chi connectivity index (χ0) is 40.7. The summed E-state index contributed by atoms with van der Waals surface area (Å²) in [6.45, 7) is 0. The molecule has 13 aromatic rings. The van der Waals surface area contributed by atoms with Gasteiger partial charge in [-0.05, 0) is 111 Å². The highest BCUT2D eigenvalue weighted by Crippen LogP contribution is 2.50. The highest BCUT2D eigenvalue weighted by molar-refractivity contribution is 7.26. The van der Waals surface area contributed by atoms with Gasteiger partial charge in [-0.25, -0.2) is 0 Å². The molecule has 0 saturated carbocycles. The van der Waals surface area contributed by atoms with Crippen LogP contribution >= 0.6 is 22.7 Å². The Kier molecular flexibility index (Phi) is 7.99. The molecule has 0 unspecified atom stereocenters. The van der Waals surface area contributed by atoms with Crippen molar-refractivity contribution in [3.8, 4) is 33.4 Å². The molecule has 10 aromatic carbocycles. The molecule has 0 saturated heterocycles. The Bertz CT molecular complexity index is 3870. The van der Waals surface area contributed by atoms with Crippen molar-refractivity contribution >= 4 is 113 Å². The Hall–Kier alpha value is -7.50. The molecule has 0 aliphatic carbocycles. The number of hydrogen-bond acceptors (Lipinski definition) is 4. The maximum absolute atomic E-state index is 6.49. The lowest BCUT2D eigenvalue weighted by Gasteiger charge is -2.29. The molecule has 3 aromatic heterocycles. The molecule has 0 amide bonds. The predicted octanol–water partition coefficient (Wildman–Crippen LogP) is 17.9. The largest absolute Gasteiger partial charge is 0.456 e. The number of rotatable bonds is 6. The summed E-state index contributed by atoms with van der Waals surface area (Å²) in [4.78, 5) is 2.47. The molecule has 0 radical (unpaired) electrons. The smallest absolute Gasteiger partial charge is 0.136 e. The van der Waals surface area contributed by atoms with E-state index in [1.165, 1.54) is 73.4 Å². The SMILES string of the molecule is c1ccc2cc(-c3ccc(N(c4ccc(-c5ccc6sc7ccccc7c6c5)cc4)c4c(-c5ccc6c(c5)oc5ccccc56)ccc5c4sc4ccccc45)cc3)ccc2c1. The molecule has 2 nitrogen and oxygen atoms in total. The van der Waals surface area contributed by atoms with Gasteiger partial charge in [-0.2, -0.15) is 0 Å². The van der Waals surface area contributed by atoms with E-state index in [1.807, 2.05) is 28.7 Å². The highest BCUT2D eigenvalue weighted by atomic mass is 32.1. The van der Waals surface area contributed by atoms with Gasteiger partial charge in [0, 0.05) is 63.4 Å². The Balaban J connectivity index is 1.02. The number of nitrogens with zero attached hydrogens (tertiary/aromatic N) is 1. The van der Waals surface area contributed by atoms with Gasteiger partial charge in [0.25, 0.3) is 0 Å². The molecule has 290 valence electrons. The van der Waals surface area contributed by atoms with Gasteiger partial charge < -0.3 is 9.32 Å². The lowest BCUT2D eigenvalue weighted by atomic mass is 9.97. The highest BCUT2D eigenvalue weighted by Gasteiger charge is 2.24. The summed E-state index contributed by atoms with van der Waals surface area (Å²) in [7, 11) is 0. The molecule has 0 atom stereocenters. The first-order valence-electron chi connectivity index (χ1n) is 21.0. The molecular weight excluding hydrogens is 791 g/mol. The molecule has 3 heterocycles. The van der Waals surface area contributed by atoms with E-state index in [0.717, 1.165) is 50.1 Å². The average Bonchev–Trinajstić information content (AvgIpc) is 4.03. The zero-order valence-electron chi connectivity index (χ0n) is 33.4. The molecule has 13 rings (SSSR count). The summed E-state index contributed by atoms with van der Waals surface area (Å²) in [5, 5.41) is 9.89. The topological polar surface area (TPSA) is 16.4 Å². The number of hydrogen-bond donors (Lipinski definition) is 0. The van der Waals surface area contributed by atoms with E-state index in [0.29, 0.717) is 0 Å². The van der Waals surface area contributed by atoms with E-state index in [-0.39, 0.29) is 0 Å². The minimum absolute atomic E-state index is 0.886. The number of para-hydroxylation sites is 1. The van der Waals surface area contributed by atoms with Crippen LogP contribution in [0.1, 0.15) is 0 Å². The van der Waals surface area contributed by atoms with Crippen molar-refractivity contribution in [2.24, 2.45) is 0 Å². The van der Waals surface area contributed by atoms with Crippen molar-refractivity contribution in [2.75, 3.05) is 4.90 Å². The van der Waals surface area contributed by atoms with Crippen LogP contribution in [0.5, 0.6) is 0 Å². The Morgan fingerprint density at radius 1 is 0.323 bits per heavy atom. The third-order valence-corrected chi connectivity index (χ3v) is 14.8. The first-order chi connectivity index (χ1) is 30.7. The minimum atomic E-state index is 0.886. The summed E-state index contributed by atoms with van der Waals surface area (Å²) in [6.07, 6.45) is 0. The van der Waals surface area contributed by atoms with Crippen LogP contribution in [-0.2, 0) is 0 Å². The van der Waals surface area contributed by atoms with Crippen LogP contribution in [0.2, 0.25) is 0 Å². The normalized spacial score (nSPS) is 11.9. The van der Waals surface area contributed by atoms with Gasteiger partial charge in [0.15, 0.2) is 0 Å². The van der Waals surface area contributed by atoms with Crippen LogP contribution in [0.25, 0.3) is 106 Å². The Morgan fingerprint density at radius 2 is 0.871 bits per heavy atom. The van der Waals surface area contributed by atoms with E-state index in [4.69, 9.17) is 4.42 Å². The molecule has 0 spiro atoms. The van der Waals surface area contributed by atoms with E-state index >= 15 is 0 Å². The Morgan fingerprint density at radius 3 is 1.65 bits per heavy atom. The van der Waals surface area contributed by atoms with Crippen LogP contribution in [0.15, 0.2) is 217 Å². The van der Waals surface area contributed by atoms with E-state index in [9.17, 15) is 0 Å². The molecule has 0 aliphatic rings. The third kappa shape index (κ3) is 5.69. The standard InChI is InChI=1S/C58H35NOS2/c1-2-10-39-33-40(18-17-36(39)9-1)37-19-25-43(26-20-37)59(44-27-21-38(22-28-44)41-24-32-56-51(34-41)49-13-5-7-15-54(49)61-56)57-45(30-31-50-48-12-4-8-16-55(48)62-58(50)57)42-23-29-47-46-11-3-6-14-52(46)60-53(47)35-42/h1-35H.